The second-order valence-corrected chi connectivity index (χ2v) is 9.99. The first-order valence-corrected chi connectivity index (χ1v) is 12.4. The number of rotatable bonds is 3. The quantitative estimate of drug-likeness (QED) is 0.608. The van der Waals surface area contributed by atoms with E-state index in [0.717, 1.165) is 54.0 Å². The normalized spacial score (nSPS) is 23.7. The maximum absolute atomic E-state index is 4.88. The summed E-state index contributed by atoms with van der Waals surface area (Å²) in [6.07, 6.45) is 11.2. The van der Waals surface area contributed by atoms with Crippen LogP contribution in [-0.4, -0.2) is 65.3 Å². The van der Waals surface area contributed by atoms with E-state index in [2.05, 4.69) is 77.8 Å². The monoisotopic (exact) mass is 450 g/mol. The molecule has 0 N–H and O–H groups in total. The van der Waals surface area contributed by atoms with Gasteiger partial charge in [0.2, 0.25) is 0 Å². The molecule has 0 aromatic carbocycles. The predicted octanol–water partition coefficient (Wildman–Crippen LogP) is 5.14. The van der Waals surface area contributed by atoms with Crippen LogP contribution in [0, 0.1) is 24.2 Å². The zero-order chi connectivity index (χ0) is 24.2. The third kappa shape index (κ3) is 5.55. The first-order chi connectivity index (χ1) is 15.8. The van der Waals surface area contributed by atoms with Gasteiger partial charge in [-0.2, -0.15) is 0 Å². The topological polar surface area (TPSA) is 49.0 Å². The number of dihydropyridines is 1. The molecule has 3 aliphatic rings. The van der Waals surface area contributed by atoms with Crippen molar-refractivity contribution in [2.75, 3.05) is 44.7 Å². The summed E-state index contributed by atoms with van der Waals surface area (Å²) in [5.74, 6) is 2.13. The molecule has 2 unspecified atom stereocenters. The standard InChI is InChI=1S/C17H19N5.C8H17N.C2H6/c1-3-13-7-14(10-18-9-13)15-11-22-12(2)8-19-16(22)17(20-15)21-5-4-6-21;1-7-5-9(4)6-8(7,2)3;1-2/h3,7-8,10-11,13H,1,4-6,9H2,2H3;7H,5-6H2,1-4H3;1-2H3. The van der Waals surface area contributed by atoms with Crippen molar-refractivity contribution < 1.29 is 0 Å². The lowest BCUT2D eigenvalue weighted by Gasteiger charge is -2.32. The third-order valence-corrected chi connectivity index (χ3v) is 6.95. The van der Waals surface area contributed by atoms with Crippen LogP contribution in [-0.2, 0) is 0 Å². The fourth-order valence-electron chi connectivity index (χ4n) is 4.49. The van der Waals surface area contributed by atoms with Crippen molar-refractivity contribution in [1.82, 2.24) is 19.3 Å². The highest BCUT2D eigenvalue weighted by Crippen LogP contribution is 2.33. The number of anilines is 1. The van der Waals surface area contributed by atoms with E-state index in [4.69, 9.17) is 4.98 Å². The Bertz CT molecular complexity index is 1010. The lowest BCUT2D eigenvalue weighted by Crippen LogP contribution is -2.38. The summed E-state index contributed by atoms with van der Waals surface area (Å²) in [5, 5.41) is 0. The van der Waals surface area contributed by atoms with Gasteiger partial charge in [-0.05, 0) is 31.7 Å². The van der Waals surface area contributed by atoms with E-state index in [1.807, 2.05) is 32.3 Å². The van der Waals surface area contributed by atoms with E-state index in [9.17, 15) is 0 Å². The molecule has 180 valence electrons. The highest BCUT2D eigenvalue weighted by Gasteiger charge is 2.33. The Morgan fingerprint density at radius 1 is 1.21 bits per heavy atom. The van der Waals surface area contributed by atoms with Crippen molar-refractivity contribution in [1.29, 1.82) is 0 Å². The third-order valence-electron chi connectivity index (χ3n) is 6.95. The van der Waals surface area contributed by atoms with Gasteiger partial charge in [0.25, 0.3) is 0 Å². The number of aliphatic imine (C=N–C) groups is 1. The maximum Gasteiger partial charge on any atom is 0.180 e. The molecule has 6 heteroatoms. The zero-order valence-corrected chi connectivity index (χ0v) is 21.7. The second kappa shape index (κ2) is 10.6. The van der Waals surface area contributed by atoms with Gasteiger partial charge in [0, 0.05) is 68.5 Å². The van der Waals surface area contributed by atoms with E-state index >= 15 is 0 Å². The largest absolute Gasteiger partial charge is 0.353 e. The van der Waals surface area contributed by atoms with E-state index in [1.165, 1.54) is 19.5 Å². The van der Waals surface area contributed by atoms with Crippen LogP contribution >= 0.6 is 0 Å². The molecule has 0 radical (unpaired) electrons. The molecule has 5 heterocycles. The number of hydrogen-bond donors (Lipinski definition) is 0. The molecule has 2 saturated heterocycles. The number of aromatic nitrogens is 3. The number of allylic oxidation sites excluding steroid dienone is 1. The fourth-order valence-corrected chi connectivity index (χ4v) is 4.49. The summed E-state index contributed by atoms with van der Waals surface area (Å²) in [6, 6.07) is 0. The second-order valence-electron chi connectivity index (χ2n) is 9.99. The summed E-state index contributed by atoms with van der Waals surface area (Å²) in [4.78, 5) is 18.5. The number of nitrogens with zero attached hydrogens (tertiary/aromatic N) is 6. The molecule has 33 heavy (non-hydrogen) atoms. The average molecular weight is 451 g/mol. The molecule has 0 spiro atoms. The molecule has 0 bridgehead atoms. The van der Waals surface area contributed by atoms with Crippen LogP contribution in [0.15, 0.2) is 36.1 Å². The van der Waals surface area contributed by atoms with Crippen LogP contribution in [0.4, 0.5) is 5.82 Å². The van der Waals surface area contributed by atoms with Crippen LogP contribution in [0.25, 0.3) is 11.2 Å². The van der Waals surface area contributed by atoms with E-state index < -0.39 is 0 Å². The molecule has 2 aromatic rings. The first kappa shape index (κ1) is 25.2. The minimum Gasteiger partial charge on any atom is -0.353 e. The number of imidazole rings is 1. The molecule has 0 aliphatic carbocycles. The molecular formula is C27H42N6. The van der Waals surface area contributed by atoms with Crippen molar-refractivity contribution >= 4 is 23.3 Å². The Labute approximate surface area is 200 Å². The van der Waals surface area contributed by atoms with Crippen LogP contribution in [0.5, 0.6) is 0 Å². The Morgan fingerprint density at radius 2 is 1.94 bits per heavy atom. The Kier molecular flexibility index (Phi) is 8.11. The van der Waals surface area contributed by atoms with Crippen molar-refractivity contribution in [3.8, 4) is 0 Å². The minimum atomic E-state index is 0.286. The summed E-state index contributed by atoms with van der Waals surface area (Å²) in [6.45, 7) is 22.4. The lowest BCUT2D eigenvalue weighted by molar-refractivity contribution is 0.297. The lowest BCUT2D eigenvalue weighted by atomic mass is 9.84. The van der Waals surface area contributed by atoms with Gasteiger partial charge in [-0.3, -0.25) is 9.39 Å². The van der Waals surface area contributed by atoms with Gasteiger partial charge < -0.3 is 9.80 Å². The molecule has 3 aliphatic heterocycles. The van der Waals surface area contributed by atoms with Gasteiger partial charge in [-0.15, -0.1) is 6.58 Å². The van der Waals surface area contributed by atoms with E-state index in [-0.39, 0.29) is 5.92 Å². The van der Waals surface area contributed by atoms with Crippen molar-refractivity contribution in [3.05, 3.63) is 42.5 Å². The van der Waals surface area contributed by atoms with Crippen LogP contribution in [0.2, 0.25) is 0 Å². The minimum absolute atomic E-state index is 0.286. The van der Waals surface area contributed by atoms with Crippen LogP contribution in [0.1, 0.15) is 52.4 Å². The maximum atomic E-state index is 4.88. The SMILES string of the molecule is C=CC1C=C(c2cn3c(C)cnc3c(N3CCC3)n2)C=NC1.CC.CC1CN(C)CC1(C)C. The van der Waals surface area contributed by atoms with Gasteiger partial charge in [-0.25, -0.2) is 9.97 Å². The smallest absolute Gasteiger partial charge is 0.180 e. The molecule has 2 aromatic heterocycles. The van der Waals surface area contributed by atoms with Crippen molar-refractivity contribution in [2.45, 2.75) is 48.0 Å². The highest BCUT2D eigenvalue weighted by molar-refractivity contribution is 6.09. The summed E-state index contributed by atoms with van der Waals surface area (Å²) in [5.41, 5.74) is 4.62. The first-order valence-electron chi connectivity index (χ1n) is 12.4. The molecule has 2 fully saturated rings. The molecular weight excluding hydrogens is 408 g/mol. The highest BCUT2D eigenvalue weighted by atomic mass is 15.3. The fraction of sp³-hybridized carbons (Fsp3) is 0.593. The Balaban J connectivity index is 0.000000234. The van der Waals surface area contributed by atoms with Crippen LogP contribution in [0.3, 0.4) is 0 Å². The Morgan fingerprint density at radius 3 is 2.45 bits per heavy atom. The van der Waals surface area contributed by atoms with Crippen molar-refractivity contribution in [2.24, 2.45) is 22.2 Å². The average Bonchev–Trinajstić information content (AvgIpc) is 3.26. The Hall–Kier alpha value is -2.47. The molecule has 0 amide bonds. The molecule has 0 saturated carbocycles. The number of fused-ring (bicyclic) bond motifs is 1. The van der Waals surface area contributed by atoms with E-state index in [1.54, 1.807) is 0 Å². The van der Waals surface area contributed by atoms with Gasteiger partial charge in [0.1, 0.15) is 0 Å². The van der Waals surface area contributed by atoms with Gasteiger partial charge in [0.15, 0.2) is 11.5 Å². The summed E-state index contributed by atoms with van der Waals surface area (Å²) < 4.78 is 2.13. The predicted molar refractivity (Wildman–Crippen MR) is 141 cm³/mol. The van der Waals surface area contributed by atoms with Crippen LogP contribution < -0.4 is 4.90 Å². The van der Waals surface area contributed by atoms with Gasteiger partial charge >= 0.3 is 0 Å². The van der Waals surface area contributed by atoms with E-state index in [0.29, 0.717) is 5.41 Å². The molecule has 2 atom stereocenters. The number of aryl methyl sites for hydroxylation is 1. The number of likely N-dealkylation sites (tertiary alicyclic amines) is 1. The summed E-state index contributed by atoms with van der Waals surface area (Å²) >= 11 is 0. The zero-order valence-electron chi connectivity index (χ0n) is 21.7. The van der Waals surface area contributed by atoms with Crippen molar-refractivity contribution in [3.63, 3.8) is 0 Å². The summed E-state index contributed by atoms with van der Waals surface area (Å²) in [7, 11) is 2.20. The number of hydrogen-bond acceptors (Lipinski definition) is 5. The molecule has 6 nitrogen and oxygen atoms in total. The van der Waals surface area contributed by atoms with Gasteiger partial charge in [0.05, 0.1) is 5.69 Å². The molecule has 5 rings (SSSR count). The van der Waals surface area contributed by atoms with Gasteiger partial charge in [-0.1, -0.05) is 46.8 Å².